The monoisotopic (exact) mass is 428 g/mol. The second-order valence-corrected chi connectivity index (χ2v) is 9.15. The molecule has 1 aromatic heterocycles. The molecule has 0 atom stereocenters. The Morgan fingerprint density at radius 2 is 2.00 bits per heavy atom. The summed E-state index contributed by atoms with van der Waals surface area (Å²) < 4.78 is 11.3. The molecule has 30 heavy (non-hydrogen) atoms. The highest BCUT2D eigenvalue weighted by Crippen LogP contribution is 2.27. The van der Waals surface area contributed by atoms with Crippen LogP contribution in [0.1, 0.15) is 32.3 Å². The van der Waals surface area contributed by atoms with Crippen molar-refractivity contribution >= 4 is 17.9 Å². The average Bonchev–Trinajstić information content (AvgIpc) is 2.76. The third-order valence-corrected chi connectivity index (χ3v) is 6.07. The Bertz CT molecular complexity index is 831. The van der Waals surface area contributed by atoms with E-state index in [1.807, 2.05) is 26.0 Å². The predicted octanol–water partition coefficient (Wildman–Crippen LogP) is 5.66. The van der Waals surface area contributed by atoms with Crippen LogP contribution in [0, 0.1) is 18.8 Å². The molecule has 0 unspecified atom stereocenters. The maximum atomic E-state index is 12.1. The molecule has 0 radical (unpaired) electrons. The van der Waals surface area contributed by atoms with Gasteiger partial charge in [0, 0.05) is 23.5 Å². The molecule has 1 aliphatic rings. The van der Waals surface area contributed by atoms with Gasteiger partial charge in [0.2, 0.25) is 0 Å². The van der Waals surface area contributed by atoms with Crippen LogP contribution in [0.2, 0.25) is 0 Å². The Labute approximate surface area is 184 Å². The summed E-state index contributed by atoms with van der Waals surface area (Å²) in [5, 5.41) is 0. The lowest BCUT2D eigenvalue weighted by Gasteiger charge is -2.31. The lowest BCUT2D eigenvalue weighted by Crippen LogP contribution is -2.40. The zero-order valence-corrected chi connectivity index (χ0v) is 19.2. The third kappa shape index (κ3) is 6.14. The summed E-state index contributed by atoms with van der Waals surface area (Å²) in [5.74, 6) is 1.59. The molecule has 2 heterocycles. The number of hydrogen-bond donors (Lipinski definition) is 0. The minimum Gasteiger partial charge on any atom is -0.492 e. The third-order valence-electron chi connectivity index (χ3n) is 5.34. The molecule has 0 aliphatic carbocycles. The molecule has 1 fully saturated rings. The van der Waals surface area contributed by atoms with Gasteiger partial charge in [-0.25, -0.2) is 4.79 Å². The van der Waals surface area contributed by atoms with Crippen LogP contribution >= 0.6 is 11.8 Å². The van der Waals surface area contributed by atoms with Crippen molar-refractivity contribution in [3.05, 3.63) is 42.1 Å². The van der Waals surface area contributed by atoms with E-state index in [-0.39, 0.29) is 6.09 Å². The summed E-state index contributed by atoms with van der Waals surface area (Å²) in [6.45, 7) is 8.79. The quantitative estimate of drug-likeness (QED) is 0.533. The van der Waals surface area contributed by atoms with Crippen LogP contribution < -0.4 is 4.74 Å². The normalized spacial score (nSPS) is 14.8. The number of aromatic nitrogens is 1. The van der Waals surface area contributed by atoms with Crippen LogP contribution in [0.4, 0.5) is 4.79 Å². The lowest BCUT2D eigenvalue weighted by atomic mass is 9.98. The molecule has 0 bridgehead atoms. The van der Waals surface area contributed by atoms with E-state index in [2.05, 4.69) is 36.4 Å². The van der Waals surface area contributed by atoms with Crippen LogP contribution in [0.25, 0.3) is 11.3 Å². The van der Waals surface area contributed by atoms with Gasteiger partial charge in [0.25, 0.3) is 0 Å². The molecule has 0 saturated carbocycles. The van der Waals surface area contributed by atoms with E-state index in [0.717, 1.165) is 42.9 Å². The van der Waals surface area contributed by atoms with Crippen molar-refractivity contribution in [1.82, 2.24) is 9.88 Å². The van der Waals surface area contributed by atoms with Crippen molar-refractivity contribution in [1.29, 1.82) is 0 Å². The first kappa shape index (κ1) is 22.5. The molecule has 2 aromatic rings. The summed E-state index contributed by atoms with van der Waals surface area (Å²) >= 11 is 1.75. The van der Waals surface area contributed by atoms with Crippen molar-refractivity contribution in [3.8, 4) is 17.0 Å². The second kappa shape index (κ2) is 10.7. The zero-order valence-electron chi connectivity index (χ0n) is 18.4. The largest absolute Gasteiger partial charge is 0.492 e. The second-order valence-electron chi connectivity index (χ2n) is 8.27. The first-order valence-electron chi connectivity index (χ1n) is 10.6. The molecule has 162 valence electrons. The van der Waals surface area contributed by atoms with Gasteiger partial charge >= 0.3 is 6.09 Å². The van der Waals surface area contributed by atoms with Crippen LogP contribution in [0.3, 0.4) is 0 Å². The van der Waals surface area contributed by atoms with Crippen LogP contribution in [-0.2, 0) is 4.74 Å². The summed E-state index contributed by atoms with van der Waals surface area (Å²) in [6, 6.07) is 10.5. The van der Waals surface area contributed by atoms with Gasteiger partial charge < -0.3 is 14.4 Å². The van der Waals surface area contributed by atoms with Gasteiger partial charge in [-0.1, -0.05) is 19.9 Å². The Kier molecular flexibility index (Phi) is 8.02. The van der Waals surface area contributed by atoms with E-state index in [0.29, 0.717) is 25.0 Å². The molecule has 5 nitrogen and oxygen atoms in total. The van der Waals surface area contributed by atoms with E-state index in [1.165, 1.54) is 10.5 Å². The molecule has 1 aliphatic heterocycles. The zero-order chi connectivity index (χ0) is 21.5. The number of hydrogen-bond acceptors (Lipinski definition) is 5. The van der Waals surface area contributed by atoms with Crippen molar-refractivity contribution in [2.75, 3.05) is 32.6 Å². The summed E-state index contributed by atoms with van der Waals surface area (Å²) in [7, 11) is 0. The number of benzene rings is 1. The molecule has 0 N–H and O–H groups in total. The fraction of sp³-hybridized carbons (Fsp3) is 0.500. The topological polar surface area (TPSA) is 51.7 Å². The van der Waals surface area contributed by atoms with E-state index in [1.54, 1.807) is 22.9 Å². The number of amides is 1. The molecule has 1 amide bonds. The number of likely N-dealkylation sites (tertiary alicyclic amines) is 1. The van der Waals surface area contributed by atoms with Gasteiger partial charge in [-0.05, 0) is 67.7 Å². The Hall–Kier alpha value is -2.21. The first-order valence-corrected chi connectivity index (χ1v) is 11.8. The number of pyridine rings is 1. The summed E-state index contributed by atoms with van der Waals surface area (Å²) in [4.78, 5) is 19.7. The number of carbonyl (C=O) groups is 1. The number of nitrogens with zero attached hydrogens (tertiary/aromatic N) is 2. The van der Waals surface area contributed by atoms with Crippen molar-refractivity contribution in [3.63, 3.8) is 0 Å². The number of carbonyl (C=O) groups excluding carboxylic acids is 1. The summed E-state index contributed by atoms with van der Waals surface area (Å²) in [5.41, 5.74) is 3.33. The minimum absolute atomic E-state index is 0.191. The fourth-order valence-corrected chi connectivity index (χ4v) is 4.00. The number of aryl methyl sites for hydroxylation is 1. The number of rotatable bonds is 7. The standard InChI is InChI=1S/C24H32N2O3S/c1-17(2)15-29-24(27)26-11-9-19(10-12-26)16-28-20-5-8-23(25-14-20)22-7-6-21(30-4)13-18(22)3/h5-8,13-14,17,19H,9-12,15-16H2,1-4H3. The van der Waals surface area contributed by atoms with Crippen molar-refractivity contribution < 1.29 is 14.3 Å². The molecule has 3 rings (SSSR count). The Morgan fingerprint density at radius 1 is 1.23 bits per heavy atom. The van der Waals surface area contributed by atoms with Gasteiger partial charge in [-0.15, -0.1) is 11.8 Å². The number of thioether (sulfide) groups is 1. The maximum Gasteiger partial charge on any atom is 0.409 e. The molecule has 6 heteroatoms. The lowest BCUT2D eigenvalue weighted by molar-refractivity contribution is 0.0733. The van der Waals surface area contributed by atoms with E-state index >= 15 is 0 Å². The SMILES string of the molecule is CSc1ccc(-c2ccc(OCC3CCN(C(=O)OCC(C)C)CC3)cn2)c(C)c1. The highest BCUT2D eigenvalue weighted by molar-refractivity contribution is 7.98. The maximum absolute atomic E-state index is 12.1. The van der Waals surface area contributed by atoms with Crippen molar-refractivity contribution in [2.24, 2.45) is 11.8 Å². The van der Waals surface area contributed by atoms with Crippen LogP contribution in [0.15, 0.2) is 41.4 Å². The predicted molar refractivity (Wildman–Crippen MR) is 122 cm³/mol. The van der Waals surface area contributed by atoms with E-state index in [4.69, 9.17) is 9.47 Å². The Morgan fingerprint density at radius 3 is 2.60 bits per heavy atom. The molecule has 1 aromatic carbocycles. The van der Waals surface area contributed by atoms with Gasteiger partial charge in [0.1, 0.15) is 5.75 Å². The average molecular weight is 429 g/mol. The fourth-order valence-electron chi connectivity index (χ4n) is 3.50. The first-order chi connectivity index (χ1) is 14.5. The van der Waals surface area contributed by atoms with Gasteiger partial charge in [0.05, 0.1) is 25.1 Å². The number of ether oxygens (including phenoxy) is 2. The Balaban J connectivity index is 1.46. The van der Waals surface area contributed by atoms with Crippen LogP contribution in [0.5, 0.6) is 5.75 Å². The van der Waals surface area contributed by atoms with Gasteiger partial charge in [0.15, 0.2) is 0 Å². The van der Waals surface area contributed by atoms with E-state index < -0.39 is 0 Å². The molecule has 1 saturated heterocycles. The van der Waals surface area contributed by atoms with Gasteiger partial charge in [-0.3, -0.25) is 4.98 Å². The minimum atomic E-state index is -0.191. The van der Waals surface area contributed by atoms with Gasteiger partial charge in [-0.2, -0.15) is 0 Å². The number of piperidine rings is 1. The van der Waals surface area contributed by atoms with Crippen LogP contribution in [-0.4, -0.2) is 48.5 Å². The van der Waals surface area contributed by atoms with E-state index in [9.17, 15) is 4.79 Å². The smallest absolute Gasteiger partial charge is 0.409 e. The summed E-state index contributed by atoms with van der Waals surface area (Å²) in [6.07, 6.45) is 5.56. The van der Waals surface area contributed by atoms with Crippen molar-refractivity contribution in [2.45, 2.75) is 38.5 Å². The molecule has 0 spiro atoms. The molecular formula is C24H32N2O3S. The highest BCUT2D eigenvalue weighted by Gasteiger charge is 2.24. The highest BCUT2D eigenvalue weighted by atomic mass is 32.2. The molecular weight excluding hydrogens is 396 g/mol.